The molecular formula is C19H28O4. The van der Waals surface area contributed by atoms with Gasteiger partial charge >= 0.3 is 5.97 Å². The number of carbonyl (C=O) groups excluding carboxylic acids is 1. The van der Waals surface area contributed by atoms with Crippen LogP contribution in [-0.2, 0) is 9.53 Å². The van der Waals surface area contributed by atoms with Gasteiger partial charge in [-0.05, 0) is 31.4 Å². The summed E-state index contributed by atoms with van der Waals surface area (Å²) in [6, 6.07) is 5.53. The second-order valence-electron chi connectivity index (χ2n) is 5.38. The molecule has 0 amide bonds. The number of rotatable bonds is 10. The van der Waals surface area contributed by atoms with Gasteiger partial charge in [0.25, 0.3) is 0 Å². The minimum atomic E-state index is -0.321. The van der Waals surface area contributed by atoms with Crippen molar-refractivity contribution in [2.24, 2.45) is 0 Å². The molecule has 0 saturated carbocycles. The van der Waals surface area contributed by atoms with E-state index in [1.54, 1.807) is 20.3 Å². The predicted molar refractivity (Wildman–Crippen MR) is 92.9 cm³/mol. The van der Waals surface area contributed by atoms with Gasteiger partial charge in [-0.3, -0.25) is 0 Å². The van der Waals surface area contributed by atoms with Crippen LogP contribution in [0.5, 0.6) is 11.5 Å². The first-order valence-electron chi connectivity index (χ1n) is 8.25. The quantitative estimate of drug-likeness (QED) is 0.358. The summed E-state index contributed by atoms with van der Waals surface area (Å²) in [4.78, 5) is 12.0. The molecule has 0 aliphatic rings. The lowest BCUT2D eigenvalue weighted by Crippen LogP contribution is -2.15. The molecule has 1 aromatic carbocycles. The van der Waals surface area contributed by atoms with Crippen molar-refractivity contribution < 1.29 is 19.0 Å². The standard InChI is InChI=1S/C19H28O4/c1-5-7-8-11-16(6-2)23-18(20)14-13-15-10-9-12-17(21-3)19(15)22-4/h9-10,12-14,16H,5-8,11H2,1-4H3/b14-13+. The molecular weight excluding hydrogens is 292 g/mol. The Morgan fingerprint density at radius 2 is 1.96 bits per heavy atom. The minimum Gasteiger partial charge on any atom is -0.493 e. The van der Waals surface area contributed by atoms with Gasteiger partial charge in [0.1, 0.15) is 6.10 Å². The van der Waals surface area contributed by atoms with E-state index in [9.17, 15) is 4.79 Å². The summed E-state index contributed by atoms with van der Waals surface area (Å²) < 4.78 is 16.1. The molecule has 0 fully saturated rings. The molecule has 0 heterocycles. The summed E-state index contributed by atoms with van der Waals surface area (Å²) in [6.07, 6.45) is 8.33. The summed E-state index contributed by atoms with van der Waals surface area (Å²) in [6.45, 7) is 4.20. The molecule has 1 unspecified atom stereocenters. The number of unbranched alkanes of at least 4 members (excludes halogenated alkanes) is 2. The van der Waals surface area contributed by atoms with Crippen LogP contribution < -0.4 is 9.47 Å². The van der Waals surface area contributed by atoms with E-state index in [1.807, 2.05) is 25.1 Å². The number of esters is 1. The summed E-state index contributed by atoms with van der Waals surface area (Å²) >= 11 is 0. The molecule has 0 spiro atoms. The molecule has 0 N–H and O–H groups in total. The van der Waals surface area contributed by atoms with Gasteiger partial charge in [0, 0.05) is 11.6 Å². The van der Waals surface area contributed by atoms with Crippen LogP contribution in [0.2, 0.25) is 0 Å². The van der Waals surface area contributed by atoms with Crippen LogP contribution in [0.4, 0.5) is 0 Å². The number of benzene rings is 1. The first-order chi connectivity index (χ1) is 11.2. The summed E-state index contributed by atoms with van der Waals surface area (Å²) in [7, 11) is 3.16. The minimum absolute atomic E-state index is 0.00842. The Labute approximate surface area is 139 Å². The van der Waals surface area contributed by atoms with Crippen molar-refractivity contribution in [3.63, 3.8) is 0 Å². The van der Waals surface area contributed by atoms with Crippen LogP contribution in [0.3, 0.4) is 0 Å². The van der Waals surface area contributed by atoms with Crippen molar-refractivity contribution >= 4 is 12.0 Å². The highest BCUT2D eigenvalue weighted by Gasteiger charge is 2.11. The van der Waals surface area contributed by atoms with Gasteiger partial charge in [-0.25, -0.2) is 4.79 Å². The van der Waals surface area contributed by atoms with Crippen molar-refractivity contribution in [3.8, 4) is 11.5 Å². The lowest BCUT2D eigenvalue weighted by atomic mass is 10.1. The van der Waals surface area contributed by atoms with E-state index in [0.717, 1.165) is 24.8 Å². The zero-order valence-electron chi connectivity index (χ0n) is 14.6. The van der Waals surface area contributed by atoms with E-state index >= 15 is 0 Å². The molecule has 4 heteroatoms. The van der Waals surface area contributed by atoms with Gasteiger partial charge in [-0.2, -0.15) is 0 Å². The van der Waals surface area contributed by atoms with Gasteiger partial charge in [0.05, 0.1) is 14.2 Å². The Hall–Kier alpha value is -1.97. The van der Waals surface area contributed by atoms with Gasteiger partial charge in [-0.1, -0.05) is 38.8 Å². The van der Waals surface area contributed by atoms with Crippen LogP contribution >= 0.6 is 0 Å². The van der Waals surface area contributed by atoms with Crippen molar-refractivity contribution in [1.29, 1.82) is 0 Å². The van der Waals surface area contributed by atoms with E-state index in [-0.39, 0.29) is 12.1 Å². The highest BCUT2D eigenvalue weighted by Crippen LogP contribution is 2.31. The highest BCUT2D eigenvalue weighted by molar-refractivity contribution is 5.88. The molecule has 0 aliphatic carbocycles. The predicted octanol–water partition coefficient (Wildman–Crippen LogP) is 4.62. The van der Waals surface area contributed by atoms with Crippen molar-refractivity contribution in [2.45, 2.75) is 52.1 Å². The van der Waals surface area contributed by atoms with Gasteiger partial charge in [0.15, 0.2) is 11.5 Å². The third-order valence-corrected chi connectivity index (χ3v) is 3.70. The van der Waals surface area contributed by atoms with E-state index in [0.29, 0.717) is 11.5 Å². The molecule has 4 nitrogen and oxygen atoms in total. The molecule has 23 heavy (non-hydrogen) atoms. The fraction of sp³-hybridized carbons (Fsp3) is 0.526. The van der Waals surface area contributed by atoms with Crippen LogP contribution in [0.25, 0.3) is 6.08 Å². The maximum Gasteiger partial charge on any atom is 0.331 e. The summed E-state index contributed by atoms with van der Waals surface area (Å²) in [5.74, 6) is 0.918. The number of hydrogen-bond donors (Lipinski definition) is 0. The Bertz CT molecular complexity index is 508. The number of ether oxygens (including phenoxy) is 3. The van der Waals surface area contributed by atoms with Gasteiger partial charge in [-0.15, -0.1) is 0 Å². The van der Waals surface area contributed by atoms with Crippen molar-refractivity contribution in [3.05, 3.63) is 29.8 Å². The zero-order valence-corrected chi connectivity index (χ0v) is 14.6. The van der Waals surface area contributed by atoms with Crippen molar-refractivity contribution in [2.75, 3.05) is 14.2 Å². The smallest absolute Gasteiger partial charge is 0.331 e. The largest absolute Gasteiger partial charge is 0.493 e. The highest BCUT2D eigenvalue weighted by atomic mass is 16.5. The topological polar surface area (TPSA) is 44.8 Å². The average Bonchev–Trinajstić information content (AvgIpc) is 2.58. The van der Waals surface area contributed by atoms with Crippen molar-refractivity contribution in [1.82, 2.24) is 0 Å². The lowest BCUT2D eigenvalue weighted by Gasteiger charge is -2.14. The molecule has 0 radical (unpaired) electrons. The molecule has 1 rings (SSSR count). The molecule has 0 bridgehead atoms. The molecule has 0 saturated heterocycles. The normalized spacial score (nSPS) is 12.2. The van der Waals surface area contributed by atoms with Crippen LogP contribution in [0, 0.1) is 0 Å². The molecule has 0 aromatic heterocycles. The first kappa shape index (κ1) is 19.1. The number of para-hydroxylation sites is 1. The number of methoxy groups -OCH3 is 2. The molecule has 0 aliphatic heterocycles. The Morgan fingerprint density at radius 1 is 1.17 bits per heavy atom. The van der Waals surface area contributed by atoms with E-state index in [1.165, 1.54) is 18.9 Å². The maximum atomic E-state index is 12.0. The molecule has 128 valence electrons. The SMILES string of the molecule is CCCCCC(CC)OC(=O)/C=C/c1cccc(OC)c1OC. The van der Waals surface area contributed by atoms with Crippen LogP contribution in [0.1, 0.15) is 51.5 Å². The number of carbonyl (C=O) groups is 1. The molecule has 1 atom stereocenters. The Morgan fingerprint density at radius 3 is 2.57 bits per heavy atom. The Kier molecular flexibility index (Phi) is 8.88. The zero-order chi connectivity index (χ0) is 17.1. The van der Waals surface area contributed by atoms with Gasteiger partial charge < -0.3 is 14.2 Å². The molecule has 1 aromatic rings. The second-order valence-corrected chi connectivity index (χ2v) is 5.38. The van der Waals surface area contributed by atoms with E-state index in [4.69, 9.17) is 14.2 Å². The van der Waals surface area contributed by atoms with Gasteiger partial charge in [0.2, 0.25) is 0 Å². The number of hydrogen-bond acceptors (Lipinski definition) is 4. The summed E-state index contributed by atoms with van der Waals surface area (Å²) in [5, 5.41) is 0. The first-order valence-corrected chi connectivity index (χ1v) is 8.25. The third kappa shape index (κ3) is 6.35. The second kappa shape index (κ2) is 10.7. The fourth-order valence-corrected chi connectivity index (χ4v) is 2.37. The maximum absolute atomic E-state index is 12.0. The lowest BCUT2D eigenvalue weighted by molar-refractivity contribution is -0.143. The van der Waals surface area contributed by atoms with Crippen LogP contribution in [0.15, 0.2) is 24.3 Å². The monoisotopic (exact) mass is 320 g/mol. The fourth-order valence-electron chi connectivity index (χ4n) is 2.37. The third-order valence-electron chi connectivity index (χ3n) is 3.70. The average molecular weight is 320 g/mol. The van der Waals surface area contributed by atoms with E-state index in [2.05, 4.69) is 6.92 Å². The van der Waals surface area contributed by atoms with Crippen LogP contribution in [-0.4, -0.2) is 26.3 Å². The Balaban J connectivity index is 2.67. The summed E-state index contributed by atoms with van der Waals surface area (Å²) in [5.41, 5.74) is 0.780. The van der Waals surface area contributed by atoms with E-state index < -0.39 is 0 Å².